The normalized spacial score (nSPS) is 24.8. The highest BCUT2D eigenvalue weighted by molar-refractivity contribution is 14.1. The zero-order chi connectivity index (χ0) is 15.7. The minimum absolute atomic E-state index is 0.342. The van der Waals surface area contributed by atoms with E-state index in [1.807, 2.05) is 30.3 Å². The van der Waals surface area contributed by atoms with Gasteiger partial charge in [-0.25, -0.2) is 4.39 Å². The quantitative estimate of drug-likeness (QED) is 0.474. The van der Waals surface area contributed by atoms with Gasteiger partial charge >= 0.3 is 7.60 Å². The zero-order valence-corrected chi connectivity index (χ0v) is 14.8. The highest BCUT2D eigenvalue weighted by atomic mass is 127. The van der Waals surface area contributed by atoms with Crippen LogP contribution in [0.25, 0.3) is 5.31 Å². The molecular weight excluding hydrogens is 417 g/mol. The predicted molar refractivity (Wildman–Crippen MR) is 92.2 cm³/mol. The van der Waals surface area contributed by atoms with E-state index in [1.165, 1.54) is 19.2 Å². The van der Waals surface area contributed by atoms with Crippen LogP contribution >= 0.6 is 30.2 Å². The summed E-state index contributed by atoms with van der Waals surface area (Å²) in [5, 5.41) is 0.504. The first-order valence-electron chi connectivity index (χ1n) is 6.60. The van der Waals surface area contributed by atoms with Crippen molar-refractivity contribution >= 4 is 35.5 Å². The van der Waals surface area contributed by atoms with Gasteiger partial charge in [-0.05, 0) is 45.9 Å². The van der Waals surface area contributed by atoms with E-state index in [0.29, 0.717) is 10.9 Å². The van der Waals surface area contributed by atoms with Crippen LogP contribution in [0.2, 0.25) is 0 Å². The van der Waals surface area contributed by atoms with Crippen LogP contribution in [0.1, 0.15) is 17.2 Å². The van der Waals surface area contributed by atoms with E-state index < -0.39 is 13.7 Å². The maximum atomic E-state index is 13.1. The lowest BCUT2D eigenvalue weighted by Crippen LogP contribution is -1.96. The molecule has 0 amide bonds. The Kier molecular flexibility index (Phi) is 4.50. The summed E-state index contributed by atoms with van der Waals surface area (Å²) in [6, 6.07) is 15.4. The third kappa shape index (κ3) is 2.78. The van der Waals surface area contributed by atoms with Gasteiger partial charge in [0, 0.05) is 10.7 Å². The van der Waals surface area contributed by atoms with Crippen molar-refractivity contribution in [3.8, 4) is 0 Å². The summed E-state index contributed by atoms with van der Waals surface area (Å²) in [5.74, 6) is -0.342. The Balaban J connectivity index is 2.12. The Labute approximate surface area is 141 Å². The van der Waals surface area contributed by atoms with E-state index in [0.717, 1.165) is 9.14 Å². The van der Waals surface area contributed by atoms with Crippen LogP contribution in [0.4, 0.5) is 4.39 Å². The molecule has 0 spiro atoms. The summed E-state index contributed by atoms with van der Waals surface area (Å²) in [6.45, 7) is 0. The highest BCUT2D eigenvalue weighted by Gasteiger charge is 2.44. The van der Waals surface area contributed by atoms with Gasteiger partial charge in [-0.1, -0.05) is 42.5 Å². The molecule has 2 aromatic carbocycles. The Hall–Kier alpha value is -1.01. The Morgan fingerprint density at radius 1 is 1.14 bits per heavy atom. The summed E-state index contributed by atoms with van der Waals surface area (Å²) in [6.07, 6.45) is -0.437. The third-order valence-corrected chi connectivity index (χ3v) is 6.98. The molecule has 0 bridgehead atoms. The molecule has 1 aliphatic rings. The molecule has 0 aromatic heterocycles. The molecule has 6 heteroatoms. The van der Waals surface area contributed by atoms with Crippen molar-refractivity contribution in [1.82, 2.24) is 0 Å². The van der Waals surface area contributed by atoms with Crippen LogP contribution in [0, 0.1) is 5.82 Å². The Morgan fingerprint density at radius 2 is 1.77 bits per heavy atom. The minimum atomic E-state index is -3.43. The predicted octanol–water partition coefficient (Wildman–Crippen LogP) is 5.54. The summed E-state index contributed by atoms with van der Waals surface area (Å²) in [7, 11) is -2.06. The van der Waals surface area contributed by atoms with Gasteiger partial charge in [-0.3, -0.25) is 9.09 Å². The average molecular weight is 430 g/mol. The molecule has 2 aromatic rings. The zero-order valence-electron chi connectivity index (χ0n) is 11.7. The average Bonchev–Trinajstić information content (AvgIpc) is 2.81. The van der Waals surface area contributed by atoms with Gasteiger partial charge < -0.3 is 4.52 Å². The van der Waals surface area contributed by atoms with Crippen LogP contribution < -0.4 is 0 Å². The molecular formula is C16H13FIO3P. The number of benzene rings is 2. The van der Waals surface area contributed by atoms with E-state index >= 15 is 0 Å². The smallest absolute Gasteiger partial charge is 0.309 e. The van der Waals surface area contributed by atoms with Gasteiger partial charge in [0.1, 0.15) is 11.9 Å². The summed E-state index contributed by atoms with van der Waals surface area (Å²) in [4.78, 5) is 0. The van der Waals surface area contributed by atoms with Crippen molar-refractivity contribution in [3.05, 3.63) is 75.1 Å². The molecule has 2 atom stereocenters. The molecule has 114 valence electrons. The van der Waals surface area contributed by atoms with Gasteiger partial charge in [-0.15, -0.1) is 0 Å². The summed E-state index contributed by atoms with van der Waals surface area (Å²) < 4.78 is 37.9. The fourth-order valence-electron chi connectivity index (χ4n) is 2.37. The first-order valence-corrected chi connectivity index (χ1v) is 9.22. The molecule has 22 heavy (non-hydrogen) atoms. The monoisotopic (exact) mass is 430 g/mol. The molecule has 0 saturated carbocycles. The second-order valence-corrected chi connectivity index (χ2v) is 7.96. The van der Waals surface area contributed by atoms with E-state index in [4.69, 9.17) is 9.05 Å². The first-order chi connectivity index (χ1) is 10.5. The summed E-state index contributed by atoms with van der Waals surface area (Å²) >= 11 is 2.13. The van der Waals surface area contributed by atoms with E-state index in [-0.39, 0.29) is 5.82 Å². The number of hydrogen-bond donors (Lipinski definition) is 0. The molecule has 3 rings (SSSR count). The van der Waals surface area contributed by atoms with Crippen LogP contribution in [-0.2, 0) is 13.6 Å². The third-order valence-electron chi connectivity index (χ3n) is 3.43. The van der Waals surface area contributed by atoms with Crippen LogP contribution in [0.3, 0.4) is 0 Å². The molecule has 1 aliphatic heterocycles. The van der Waals surface area contributed by atoms with E-state index in [9.17, 15) is 8.96 Å². The van der Waals surface area contributed by atoms with Crippen molar-refractivity contribution in [2.24, 2.45) is 0 Å². The second-order valence-electron chi connectivity index (χ2n) is 4.78. The number of halogens is 2. The lowest BCUT2D eigenvalue weighted by atomic mass is 10.1. The molecule has 1 heterocycles. The van der Waals surface area contributed by atoms with Gasteiger partial charge in [0.25, 0.3) is 0 Å². The fourth-order valence-corrected chi connectivity index (χ4v) is 5.97. The molecule has 0 N–H and O–H groups in total. The lowest BCUT2D eigenvalue weighted by molar-refractivity contribution is 0.213. The molecule has 0 fully saturated rings. The molecule has 3 nitrogen and oxygen atoms in total. The number of rotatable bonds is 3. The molecule has 0 saturated heterocycles. The maximum absolute atomic E-state index is 13.1. The minimum Gasteiger partial charge on any atom is -0.309 e. The Morgan fingerprint density at radius 3 is 2.36 bits per heavy atom. The van der Waals surface area contributed by atoms with Crippen molar-refractivity contribution in [2.45, 2.75) is 6.10 Å². The largest absolute Gasteiger partial charge is 0.363 e. The SMILES string of the molecule is COP1(=O)OC(c2ccccc2)C(I)=C1c1ccc(F)cc1. The van der Waals surface area contributed by atoms with Gasteiger partial charge in [0.2, 0.25) is 0 Å². The molecule has 0 radical (unpaired) electrons. The van der Waals surface area contributed by atoms with Crippen molar-refractivity contribution in [1.29, 1.82) is 0 Å². The topological polar surface area (TPSA) is 35.5 Å². The van der Waals surface area contributed by atoms with Crippen LogP contribution in [0.5, 0.6) is 0 Å². The summed E-state index contributed by atoms with van der Waals surface area (Å²) in [5.41, 5.74) is 1.55. The van der Waals surface area contributed by atoms with E-state index in [1.54, 1.807) is 12.1 Å². The van der Waals surface area contributed by atoms with Crippen molar-refractivity contribution < 1.29 is 18.0 Å². The Bertz CT molecular complexity index is 759. The standard InChI is InChI=1S/C16H13FIO3P/c1-20-22(19)16(12-7-9-13(17)10-8-12)14(18)15(21-22)11-5-3-2-4-6-11/h2-10,15H,1H3. The maximum Gasteiger partial charge on any atom is 0.363 e. The second kappa shape index (κ2) is 6.24. The van der Waals surface area contributed by atoms with Crippen molar-refractivity contribution in [3.63, 3.8) is 0 Å². The highest BCUT2D eigenvalue weighted by Crippen LogP contribution is 2.71. The van der Waals surface area contributed by atoms with Crippen LogP contribution in [-0.4, -0.2) is 7.11 Å². The van der Waals surface area contributed by atoms with Crippen LogP contribution in [0.15, 0.2) is 58.2 Å². The number of hydrogen-bond acceptors (Lipinski definition) is 3. The molecule has 2 unspecified atom stereocenters. The van der Waals surface area contributed by atoms with E-state index in [2.05, 4.69) is 22.6 Å². The van der Waals surface area contributed by atoms with Gasteiger partial charge in [-0.2, -0.15) is 0 Å². The van der Waals surface area contributed by atoms with Gasteiger partial charge in [0.05, 0.1) is 5.31 Å². The first kappa shape index (κ1) is 15.9. The van der Waals surface area contributed by atoms with Crippen molar-refractivity contribution in [2.75, 3.05) is 7.11 Å². The van der Waals surface area contributed by atoms with Gasteiger partial charge in [0.15, 0.2) is 0 Å². The molecule has 0 aliphatic carbocycles. The lowest BCUT2D eigenvalue weighted by Gasteiger charge is -2.15. The fraction of sp³-hybridized carbons (Fsp3) is 0.125.